The quantitative estimate of drug-likeness (QED) is 0.456. The summed E-state index contributed by atoms with van der Waals surface area (Å²) < 4.78 is 11.3. The minimum absolute atomic E-state index is 0.541. The van der Waals surface area contributed by atoms with E-state index in [1.54, 1.807) is 19.4 Å². The average molecular weight is 328 g/mol. The summed E-state index contributed by atoms with van der Waals surface area (Å²) in [5, 5.41) is 3.26. The molecule has 0 fully saturated rings. The van der Waals surface area contributed by atoms with Crippen molar-refractivity contribution in [2.24, 2.45) is 4.99 Å². The lowest BCUT2D eigenvalue weighted by molar-refractivity contribution is 0.279. The van der Waals surface area contributed by atoms with Gasteiger partial charge >= 0.3 is 0 Å². The van der Waals surface area contributed by atoms with Gasteiger partial charge in [0.15, 0.2) is 5.96 Å². The molecule has 0 amide bonds. The van der Waals surface area contributed by atoms with E-state index >= 15 is 0 Å². The van der Waals surface area contributed by atoms with Crippen molar-refractivity contribution in [1.29, 1.82) is 0 Å². The van der Waals surface area contributed by atoms with Crippen LogP contribution >= 0.6 is 0 Å². The second-order valence-corrected chi connectivity index (χ2v) is 5.09. The summed E-state index contributed by atoms with van der Waals surface area (Å²) in [4.78, 5) is 10.3. The van der Waals surface area contributed by atoms with Gasteiger partial charge in [0.05, 0.1) is 19.3 Å². The number of likely N-dealkylation sites (N-methyl/N-ethyl adjacent to an activating group) is 1. The number of guanidine groups is 1. The van der Waals surface area contributed by atoms with Crippen LogP contribution in [0.2, 0.25) is 0 Å². The first-order chi connectivity index (χ1) is 11.8. The Hall–Kier alpha value is -2.76. The molecule has 0 bridgehead atoms. The molecule has 0 atom stereocenters. The molecule has 2 rings (SSSR count). The van der Waals surface area contributed by atoms with E-state index in [0.717, 1.165) is 24.0 Å². The zero-order valence-corrected chi connectivity index (χ0v) is 14.2. The number of hydrogen-bond acceptors (Lipinski definition) is 4. The normalized spacial score (nSPS) is 11.0. The third-order valence-electron chi connectivity index (χ3n) is 3.30. The topological polar surface area (TPSA) is 59.0 Å². The van der Waals surface area contributed by atoms with Crippen LogP contribution in [0, 0.1) is 0 Å². The summed E-state index contributed by atoms with van der Waals surface area (Å²) in [5.74, 6) is 2.44. The van der Waals surface area contributed by atoms with Crippen molar-refractivity contribution in [3.05, 3.63) is 54.9 Å². The van der Waals surface area contributed by atoms with Gasteiger partial charge in [0, 0.05) is 20.3 Å². The Bertz CT molecular complexity index is 605. The Morgan fingerprint density at radius 3 is 2.54 bits per heavy atom. The van der Waals surface area contributed by atoms with Gasteiger partial charge in [-0.25, -0.2) is 0 Å². The lowest BCUT2D eigenvalue weighted by Gasteiger charge is -2.22. The van der Waals surface area contributed by atoms with Crippen LogP contribution in [0.1, 0.15) is 0 Å². The maximum atomic E-state index is 5.70. The smallest absolute Gasteiger partial charge is 0.193 e. The highest BCUT2D eigenvalue weighted by Crippen LogP contribution is 2.08. The van der Waals surface area contributed by atoms with Crippen LogP contribution in [0.5, 0.6) is 11.5 Å². The first-order valence-electron chi connectivity index (χ1n) is 7.92. The van der Waals surface area contributed by atoms with E-state index in [-0.39, 0.29) is 0 Å². The number of nitrogens with one attached hydrogen (secondary N) is 1. The molecule has 0 unspecified atom stereocenters. The van der Waals surface area contributed by atoms with Crippen LogP contribution in [-0.4, -0.2) is 56.2 Å². The van der Waals surface area contributed by atoms with Gasteiger partial charge in [0.2, 0.25) is 0 Å². The van der Waals surface area contributed by atoms with Crippen molar-refractivity contribution in [2.75, 3.05) is 40.4 Å². The molecule has 128 valence electrons. The molecule has 6 heteroatoms. The lowest BCUT2D eigenvalue weighted by atomic mass is 10.3. The van der Waals surface area contributed by atoms with Crippen molar-refractivity contribution in [3.63, 3.8) is 0 Å². The highest BCUT2D eigenvalue weighted by molar-refractivity contribution is 5.79. The number of aliphatic imine (C=N–C) groups is 1. The minimum Gasteiger partial charge on any atom is -0.492 e. The van der Waals surface area contributed by atoms with Crippen molar-refractivity contribution in [2.45, 2.75) is 0 Å². The average Bonchev–Trinajstić information content (AvgIpc) is 2.63. The summed E-state index contributed by atoms with van der Waals surface area (Å²) in [6.45, 7) is 2.52. The molecule has 0 spiro atoms. The first kappa shape index (κ1) is 17.6. The van der Waals surface area contributed by atoms with E-state index in [1.165, 1.54) is 0 Å². The van der Waals surface area contributed by atoms with Crippen LogP contribution in [0.15, 0.2) is 59.9 Å². The number of nitrogens with zero attached hydrogens (tertiary/aromatic N) is 3. The van der Waals surface area contributed by atoms with Crippen molar-refractivity contribution >= 4 is 5.96 Å². The number of aromatic nitrogens is 1. The van der Waals surface area contributed by atoms with E-state index in [2.05, 4.69) is 15.3 Å². The van der Waals surface area contributed by atoms with Crippen molar-refractivity contribution < 1.29 is 9.47 Å². The molecule has 0 aliphatic rings. The number of ether oxygens (including phenoxy) is 2. The van der Waals surface area contributed by atoms with Gasteiger partial charge in [-0.2, -0.15) is 0 Å². The van der Waals surface area contributed by atoms with Gasteiger partial charge in [-0.1, -0.05) is 18.2 Å². The number of benzene rings is 1. The third-order valence-corrected chi connectivity index (χ3v) is 3.30. The molecule has 24 heavy (non-hydrogen) atoms. The number of hydrogen-bond donors (Lipinski definition) is 1. The molecule has 1 N–H and O–H groups in total. The lowest BCUT2D eigenvalue weighted by Crippen LogP contribution is -2.42. The molecule has 6 nitrogen and oxygen atoms in total. The van der Waals surface area contributed by atoms with Gasteiger partial charge in [0.25, 0.3) is 0 Å². The zero-order valence-electron chi connectivity index (χ0n) is 14.2. The maximum Gasteiger partial charge on any atom is 0.193 e. The van der Waals surface area contributed by atoms with Crippen LogP contribution in [-0.2, 0) is 0 Å². The highest BCUT2D eigenvalue weighted by Gasteiger charge is 2.05. The molecular formula is C18H24N4O2. The zero-order chi connectivity index (χ0) is 17.0. The van der Waals surface area contributed by atoms with Gasteiger partial charge in [-0.05, 0) is 24.3 Å². The molecule has 0 radical (unpaired) electrons. The van der Waals surface area contributed by atoms with Crippen molar-refractivity contribution in [1.82, 2.24) is 15.2 Å². The van der Waals surface area contributed by atoms with Crippen LogP contribution < -0.4 is 14.8 Å². The molecule has 1 heterocycles. The summed E-state index contributed by atoms with van der Waals surface area (Å²) in [6.07, 6.45) is 3.42. The number of para-hydroxylation sites is 1. The number of pyridine rings is 1. The maximum absolute atomic E-state index is 5.70. The highest BCUT2D eigenvalue weighted by atomic mass is 16.5. The van der Waals surface area contributed by atoms with Crippen molar-refractivity contribution in [3.8, 4) is 11.5 Å². The van der Waals surface area contributed by atoms with E-state index in [0.29, 0.717) is 19.8 Å². The first-order valence-corrected chi connectivity index (χ1v) is 7.92. The van der Waals surface area contributed by atoms with Crippen LogP contribution in [0.4, 0.5) is 0 Å². The molecule has 0 saturated carbocycles. The Labute approximate surface area is 143 Å². The SMILES string of the molecule is CN=C(NCCOc1cccnc1)N(C)CCOc1ccccc1. The molecule has 1 aromatic carbocycles. The summed E-state index contributed by atoms with van der Waals surface area (Å²) in [7, 11) is 3.74. The molecule has 0 aliphatic heterocycles. The van der Waals surface area contributed by atoms with E-state index in [4.69, 9.17) is 9.47 Å². The summed E-state index contributed by atoms with van der Waals surface area (Å²) in [5.41, 5.74) is 0. The van der Waals surface area contributed by atoms with Crippen LogP contribution in [0.3, 0.4) is 0 Å². The molecule has 2 aromatic rings. The molecule has 1 aromatic heterocycles. The monoisotopic (exact) mass is 328 g/mol. The largest absolute Gasteiger partial charge is 0.492 e. The predicted octanol–water partition coefficient (Wildman–Crippen LogP) is 2.05. The molecule has 0 saturated heterocycles. The predicted molar refractivity (Wildman–Crippen MR) is 95.7 cm³/mol. The summed E-state index contributed by atoms with van der Waals surface area (Å²) in [6, 6.07) is 13.5. The van der Waals surface area contributed by atoms with E-state index < -0.39 is 0 Å². The molecular weight excluding hydrogens is 304 g/mol. The fourth-order valence-electron chi connectivity index (χ4n) is 2.07. The van der Waals surface area contributed by atoms with Crippen LogP contribution in [0.25, 0.3) is 0 Å². The Morgan fingerprint density at radius 2 is 1.83 bits per heavy atom. The fraction of sp³-hybridized carbons (Fsp3) is 0.333. The second-order valence-electron chi connectivity index (χ2n) is 5.09. The minimum atomic E-state index is 0.541. The number of rotatable bonds is 8. The fourth-order valence-corrected chi connectivity index (χ4v) is 2.07. The van der Waals surface area contributed by atoms with E-state index in [1.807, 2.05) is 54.4 Å². The summed E-state index contributed by atoms with van der Waals surface area (Å²) >= 11 is 0. The van der Waals surface area contributed by atoms with E-state index in [9.17, 15) is 0 Å². The van der Waals surface area contributed by atoms with Gasteiger partial charge in [0.1, 0.15) is 24.7 Å². The van der Waals surface area contributed by atoms with Gasteiger partial charge < -0.3 is 19.7 Å². The molecule has 0 aliphatic carbocycles. The van der Waals surface area contributed by atoms with Gasteiger partial charge in [-0.3, -0.25) is 9.98 Å². The Morgan fingerprint density at radius 1 is 1.08 bits per heavy atom. The third kappa shape index (κ3) is 6.16. The second kappa shape index (κ2) is 10.1. The Kier molecular flexibility index (Phi) is 7.40. The van der Waals surface area contributed by atoms with Gasteiger partial charge in [-0.15, -0.1) is 0 Å². The Balaban J connectivity index is 1.65. The standard InChI is InChI=1S/C18H24N4O2/c1-19-18(21-11-13-23-17-9-6-10-20-15-17)22(2)12-14-24-16-7-4-3-5-8-16/h3-10,15H,11-14H2,1-2H3,(H,19,21).